The van der Waals surface area contributed by atoms with E-state index in [0.717, 1.165) is 42.8 Å². The molecule has 0 unspecified atom stereocenters. The molecule has 0 radical (unpaired) electrons. The highest BCUT2D eigenvalue weighted by atomic mass is 32.1. The fourth-order valence-corrected chi connectivity index (χ4v) is 4.71. The summed E-state index contributed by atoms with van der Waals surface area (Å²) in [5.41, 5.74) is 4.47. The fraction of sp³-hybridized carbons (Fsp3) is 0.304. The molecular formula is C23H25N5OS. The van der Waals surface area contributed by atoms with Crippen molar-refractivity contribution in [3.05, 3.63) is 78.4 Å². The Labute approximate surface area is 182 Å². The molecule has 0 aliphatic carbocycles. The summed E-state index contributed by atoms with van der Waals surface area (Å²) in [4.78, 5) is 9.19. The van der Waals surface area contributed by atoms with Crippen molar-refractivity contribution in [2.45, 2.75) is 12.1 Å². The number of hydrogen-bond acceptors (Lipinski definition) is 4. The molecule has 2 aliphatic rings. The number of pyridine rings is 1. The minimum absolute atomic E-state index is 0.0154. The number of aryl methyl sites for hydroxylation is 1. The highest BCUT2D eigenvalue weighted by Crippen LogP contribution is 2.41. The molecule has 1 aromatic carbocycles. The van der Waals surface area contributed by atoms with Gasteiger partial charge in [-0.2, -0.15) is 0 Å². The maximum Gasteiger partial charge on any atom is 0.174 e. The maximum atomic E-state index is 5.80. The van der Waals surface area contributed by atoms with Crippen molar-refractivity contribution >= 4 is 28.7 Å². The van der Waals surface area contributed by atoms with E-state index < -0.39 is 0 Å². The minimum Gasteiger partial charge on any atom is -0.378 e. The lowest BCUT2D eigenvalue weighted by atomic mass is 10.0. The quantitative estimate of drug-likeness (QED) is 0.654. The van der Waals surface area contributed by atoms with Crippen LogP contribution >= 0.6 is 12.2 Å². The first-order valence-corrected chi connectivity index (χ1v) is 10.7. The SMILES string of the molecule is Cn1cccc1[C@H]1[C@H](c2ccccn2)NC(=S)N1c1ccc(N2CCOCC2)cc1. The zero-order chi connectivity index (χ0) is 20.5. The first kappa shape index (κ1) is 19.1. The number of rotatable bonds is 4. The number of nitrogens with one attached hydrogen (secondary N) is 1. The molecule has 4 heterocycles. The average molecular weight is 420 g/mol. The van der Waals surface area contributed by atoms with Gasteiger partial charge in [0.15, 0.2) is 5.11 Å². The van der Waals surface area contributed by atoms with Crippen LogP contribution in [0, 0.1) is 0 Å². The molecule has 7 heteroatoms. The van der Waals surface area contributed by atoms with Crippen LogP contribution in [0.25, 0.3) is 0 Å². The van der Waals surface area contributed by atoms with E-state index in [1.54, 1.807) is 0 Å². The topological polar surface area (TPSA) is 45.6 Å². The zero-order valence-corrected chi connectivity index (χ0v) is 17.8. The number of aromatic nitrogens is 2. The summed E-state index contributed by atoms with van der Waals surface area (Å²) in [7, 11) is 2.08. The third kappa shape index (κ3) is 3.44. The monoisotopic (exact) mass is 419 g/mol. The normalized spacial score (nSPS) is 21.7. The predicted octanol–water partition coefficient (Wildman–Crippen LogP) is 3.43. The summed E-state index contributed by atoms with van der Waals surface area (Å²) in [5.74, 6) is 0. The Balaban J connectivity index is 1.51. The number of nitrogens with zero attached hydrogens (tertiary/aromatic N) is 4. The molecule has 2 fully saturated rings. The van der Waals surface area contributed by atoms with Gasteiger partial charge in [-0.25, -0.2) is 0 Å². The van der Waals surface area contributed by atoms with Gasteiger partial charge in [0.05, 0.1) is 24.9 Å². The highest BCUT2D eigenvalue weighted by molar-refractivity contribution is 7.80. The van der Waals surface area contributed by atoms with E-state index >= 15 is 0 Å². The van der Waals surface area contributed by atoms with E-state index in [1.807, 2.05) is 18.3 Å². The van der Waals surface area contributed by atoms with Gasteiger partial charge >= 0.3 is 0 Å². The second kappa shape index (κ2) is 8.08. The summed E-state index contributed by atoms with van der Waals surface area (Å²) in [5, 5.41) is 4.24. The second-order valence-corrected chi connectivity index (χ2v) is 8.04. The maximum absolute atomic E-state index is 5.80. The lowest BCUT2D eigenvalue weighted by Gasteiger charge is -2.31. The molecule has 2 aliphatic heterocycles. The van der Waals surface area contributed by atoms with Crippen molar-refractivity contribution in [1.29, 1.82) is 0 Å². The number of hydrogen-bond donors (Lipinski definition) is 1. The van der Waals surface area contributed by atoms with Crippen molar-refractivity contribution < 1.29 is 4.74 Å². The van der Waals surface area contributed by atoms with E-state index in [4.69, 9.17) is 17.0 Å². The molecule has 2 aromatic heterocycles. The van der Waals surface area contributed by atoms with E-state index in [0.29, 0.717) is 0 Å². The van der Waals surface area contributed by atoms with Crippen LogP contribution in [-0.4, -0.2) is 41.0 Å². The lowest BCUT2D eigenvalue weighted by molar-refractivity contribution is 0.122. The van der Waals surface area contributed by atoms with Crippen molar-refractivity contribution in [2.75, 3.05) is 36.1 Å². The van der Waals surface area contributed by atoms with Gasteiger partial charge in [-0.05, 0) is 60.7 Å². The van der Waals surface area contributed by atoms with Crippen LogP contribution in [0.2, 0.25) is 0 Å². The number of morpholine rings is 1. The van der Waals surface area contributed by atoms with Gasteiger partial charge in [0.2, 0.25) is 0 Å². The van der Waals surface area contributed by atoms with Crippen LogP contribution in [0.4, 0.5) is 11.4 Å². The highest BCUT2D eigenvalue weighted by Gasteiger charge is 2.41. The predicted molar refractivity (Wildman–Crippen MR) is 123 cm³/mol. The standard InChI is InChI=1S/C23H25N5OS/c1-26-12-4-6-20(26)22-21(19-5-2-3-11-24-19)25-23(30)28(22)18-9-7-17(8-10-18)27-13-15-29-16-14-27/h2-12,21-22H,13-16H2,1H3,(H,25,30)/t21-,22-/m0/s1. The van der Waals surface area contributed by atoms with Crippen LogP contribution in [0.15, 0.2) is 67.0 Å². The van der Waals surface area contributed by atoms with Crippen molar-refractivity contribution in [3.63, 3.8) is 0 Å². The van der Waals surface area contributed by atoms with E-state index in [-0.39, 0.29) is 12.1 Å². The molecule has 154 valence electrons. The molecule has 30 heavy (non-hydrogen) atoms. The van der Waals surface area contributed by atoms with Crippen LogP contribution in [0.3, 0.4) is 0 Å². The van der Waals surface area contributed by atoms with Gasteiger partial charge in [0, 0.05) is 49.6 Å². The summed E-state index contributed by atoms with van der Waals surface area (Å²) >= 11 is 5.80. The van der Waals surface area contributed by atoms with E-state index in [1.165, 1.54) is 11.4 Å². The zero-order valence-electron chi connectivity index (χ0n) is 16.9. The third-order valence-electron chi connectivity index (χ3n) is 5.89. The minimum atomic E-state index is -0.0220. The summed E-state index contributed by atoms with van der Waals surface area (Å²) in [6.07, 6.45) is 3.91. The Hall–Kier alpha value is -2.90. The fourth-order valence-electron chi connectivity index (χ4n) is 4.36. The van der Waals surface area contributed by atoms with Crippen LogP contribution < -0.4 is 15.1 Å². The lowest BCUT2D eigenvalue weighted by Crippen LogP contribution is -2.36. The Morgan fingerprint density at radius 3 is 2.43 bits per heavy atom. The Bertz CT molecular complexity index is 1010. The molecule has 2 saturated heterocycles. The number of benzene rings is 1. The molecule has 3 aromatic rings. The third-order valence-corrected chi connectivity index (χ3v) is 6.20. The van der Waals surface area contributed by atoms with E-state index in [2.05, 4.69) is 80.4 Å². The first-order chi connectivity index (χ1) is 14.7. The van der Waals surface area contributed by atoms with Gasteiger partial charge in [-0.3, -0.25) is 4.98 Å². The van der Waals surface area contributed by atoms with Gasteiger partial charge in [-0.15, -0.1) is 0 Å². The second-order valence-electron chi connectivity index (χ2n) is 7.66. The number of thiocarbonyl (C=S) groups is 1. The van der Waals surface area contributed by atoms with Gasteiger partial charge in [0.25, 0.3) is 0 Å². The largest absolute Gasteiger partial charge is 0.378 e. The number of anilines is 2. The first-order valence-electron chi connectivity index (χ1n) is 10.3. The Kier molecular flexibility index (Phi) is 5.14. The summed E-state index contributed by atoms with van der Waals surface area (Å²) < 4.78 is 7.64. The van der Waals surface area contributed by atoms with Gasteiger partial charge in [-0.1, -0.05) is 6.07 Å². The van der Waals surface area contributed by atoms with E-state index in [9.17, 15) is 0 Å². The molecule has 6 nitrogen and oxygen atoms in total. The Morgan fingerprint density at radius 1 is 1.00 bits per heavy atom. The average Bonchev–Trinajstić information content (AvgIpc) is 3.37. The van der Waals surface area contributed by atoms with Crippen LogP contribution in [-0.2, 0) is 11.8 Å². The van der Waals surface area contributed by atoms with Crippen LogP contribution in [0.1, 0.15) is 23.5 Å². The smallest absolute Gasteiger partial charge is 0.174 e. The molecule has 1 N–H and O–H groups in total. The molecule has 0 amide bonds. The van der Waals surface area contributed by atoms with Gasteiger partial charge in [0.1, 0.15) is 6.04 Å². The Morgan fingerprint density at radius 2 is 1.77 bits per heavy atom. The number of ether oxygens (including phenoxy) is 1. The summed E-state index contributed by atoms with van der Waals surface area (Å²) in [6.45, 7) is 3.42. The molecule has 0 bridgehead atoms. The molecule has 0 spiro atoms. The molecule has 5 rings (SSSR count). The summed E-state index contributed by atoms with van der Waals surface area (Å²) in [6, 6.07) is 18.9. The van der Waals surface area contributed by atoms with Crippen molar-refractivity contribution in [3.8, 4) is 0 Å². The molecule has 0 saturated carbocycles. The van der Waals surface area contributed by atoms with Crippen molar-refractivity contribution in [2.24, 2.45) is 7.05 Å². The molecule has 2 atom stereocenters. The van der Waals surface area contributed by atoms with Crippen molar-refractivity contribution in [1.82, 2.24) is 14.9 Å². The van der Waals surface area contributed by atoms with Gasteiger partial charge < -0.3 is 24.4 Å². The van der Waals surface area contributed by atoms with Crippen LogP contribution in [0.5, 0.6) is 0 Å². The molecular weight excluding hydrogens is 394 g/mol.